The minimum Gasteiger partial charge on any atom is -0.394 e. The maximum atomic E-state index is 8.49. The predicted octanol–water partition coefficient (Wildman–Crippen LogP) is -0.414. The van der Waals surface area contributed by atoms with Gasteiger partial charge < -0.3 is 24.4 Å². The number of alkyl halides is 1. The van der Waals surface area contributed by atoms with E-state index < -0.39 is 5.56 Å². The molecule has 0 spiro atoms. The maximum Gasteiger partial charge on any atom is 0.154 e. The largest absolute Gasteiger partial charge is 0.394 e. The lowest BCUT2D eigenvalue weighted by Gasteiger charge is -2.08. The molecule has 0 heterocycles. The summed E-state index contributed by atoms with van der Waals surface area (Å²) in [6, 6.07) is 0. The molecule has 6 heteroatoms. The molecule has 5 nitrogen and oxygen atoms in total. The van der Waals surface area contributed by atoms with Crippen LogP contribution in [-0.4, -0.2) is 62.0 Å². The predicted molar refractivity (Wildman–Crippen MR) is 51.4 cm³/mol. The van der Waals surface area contributed by atoms with Crippen LogP contribution < -0.4 is 0 Å². The molecule has 0 amide bonds. The van der Waals surface area contributed by atoms with Gasteiger partial charge in [0.2, 0.25) is 0 Å². The number of ether oxygens (including phenoxy) is 3. The topological polar surface area (TPSA) is 68.2 Å². The number of hydrogen-bond donors (Lipinski definition) is 2. The van der Waals surface area contributed by atoms with Crippen molar-refractivity contribution in [2.24, 2.45) is 0 Å². The first kappa shape index (κ1) is 14.1. The fraction of sp³-hybridized carbons (Fsp3) is 1.00. The third kappa shape index (κ3) is 10.2. The second-order valence-electron chi connectivity index (χ2n) is 2.41. The summed E-state index contributed by atoms with van der Waals surface area (Å²) in [6.45, 7) is 1.80. The maximum absolute atomic E-state index is 8.49. The molecule has 0 aliphatic heterocycles. The molecule has 0 radical (unpaired) electrons. The van der Waals surface area contributed by atoms with Crippen molar-refractivity contribution < 1.29 is 24.4 Å². The van der Waals surface area contributed by atoms with Gasteiger partial charge >= 0.3 is 0 Å². The summed E-state index contributed by atoms with van der Waals surface area (Å²) in [6.07, 6.45) is 0. The van der Waals surface area contributed by atoms with Gasteiger partial charge in [-0.1, -0.05) is 11.6 Å². The van der Waals surface area contributed by atoms with Crippen molar-refractivity contribution in [2.45, 2.75) is 5.56 Å². The van der Waals surface area contributed by atoms with Crippen molar-refractivity contribution in [3.63, 3.8) is 0 Å². The van der Waals surface area contributed by atoms with E-state index in [-0.39, 0.29) is 13.2 Å². The smallest absolute Gasteiger partial charge is 0.154 e. The van der Waals surface area contributed by atoms with Crippen LogP contribution in [0.25, 0.3) is 0 Å². The molecule has 0 fully saturated rings. The summed E-state index contributed by atoms with van der Waals surface area (Å²) in [5, 5.41) is 16.9. The number of aliphatic hydroxyl groups is 2. The minimum atomic E-state index is -0.663. The van der Waals surface area contributed by atoms with Gasteiger partial charge in [0.05, 0.1) is 46.2 Å². The molecule has 0 bridgehead atoms. The molecule has 0 saturated heterocycles. The molecular weight excluding hydrogens is 212 g/mol. The van der Waals surface area contributed by atoms with Crippen molar-refractivity contribution in [3.8, 4) is 0 Å². The van der Waals surface area contributed by atoms with E-state index in [0.29, 0.717) is 33.0 Å². The highest BCUT2D eigenvalue weighted by Gasteiger charge is 2.00. The monoisotopic (exact) mass is 228 g/mol. The van der Waals surface area contributed by atoms with Crippen LogP contribution in [0, 0.1) is 0 Å². The summed E-state index contributed by atoms with van der Waals surface area (Å²) < 4.78 is 15.0. The van der Waals surface area contributed by atoms with E-state index in [2.05, 4.69) is 0 Å². The van der Waals surface area contributed by atoms with Crippen LogP contribution in [0.4, 0.5) is 0 Å². The van der Waals surface area contributed by atoms with Crippen molar-refractivity contribution in [1.29, 1.82) is 0 Å². The number of hydrogen-bond acceptors (Lipinski definition) is 5. The van der Waals surface area contributed by atoms with Gasteiger partial charge in [-0.3, -0.25) is 0 Å². The molecule has 14 heavy (non-hydrogen) atoms. The highest BCUT2D eigenvalue weighted by Crippen LogP contribution is 1.95. The minimum absolute atomic E-state index is 0.0214. The molecule has 0 rings (SSSR count). The molecule has 1 atom stereocenters. The van der Waals surface area contributed by atoms with Crippen molar-refractivity contribution in [3.05, 3.63) is 0 Å². The molecule has 86 valence electrons. The van der Waals surface area contributed by atoms with Gasteiger partial charge in [0.15, 0.2) is 5.56 Å². The number of aliphatic hydroxyl groups excluding tert-OH is 2. The Balaban J connectivity index is 2.92. The van der Waals surface area contributed by atoms with Crippen LogP contribution in [0.15, 0.2) is 0 Å². The average molecular weight is 229 g/mol. The first-order valence-electron chi connectivity index (χ1n) is 4.44. The highest BCUT2D eigenvalue weighted by molar-refractivity contribution is 6.19. The zero-order valence-corrected chi connectivity index (χ0v) is 8.78. The first-order valence-corrected chi connectivity index (χ1v) is 4.87. The van der Waals surface area contributed by atoms with E-state index in [1.165, 1.54) is 0 Å². The van der Waals surface area contributed by atoms with Gasteiger partial charge in [0.1, 0.15) is 0 Å². The zero-order chi connectivity index (χ0) is 10.6. The van der Waals surface area contributed by atoms with Gasteiger partial charge in [-0.2, -0.15) is 0 Å². The molecule has 0 aliphatic rings. The molecule has 2 N–H and O–H groups in total. The van der Waals surface area contributed by atoms with Crippen molar-refractivity contribution in [1.82, 2.24) is 0 Å². The summed E-state index contributed by atoms with van der Waals surface area (Å²) in [5.74, 6) is 0. The standard InChI is InChI=1S/C8H17ClO5/c9-8(7-11)14-6-5-13-4-3-12-2-1-10/h8,10-11H,1-7H2. The van der Waals surface area contributed by atoms with Crippen LogP contribution in [0.2, 0.25) is 0 Å². The Morgan fingerprint density at radius 1 is 0.929 bits per heavy atom. The third-order valence-corrected chi connectivity index (χ3v) is 1.54. The Labute approximate surface area is 88.5 Å². The Morgan fingerprint density at radius 2 is 1.50 bits per heavy atom. The lowest BCUT2D eigenvalue weighted by atomic mass is 10.7. The average Bonchev–Trinajstić information content (AvgIpc) is 2.21. The molecular formula is C8H17ClO5. The Kier molecular flexibility index (Phi) is 11.2. The normalized spacial score (nSPS) is 13.1. The van der Waals surface area contributed by atoms with Gasteiger partial charge in [-0.05, 0) is 0 Å². The summed E-state index contributed by atoms with van der Waals surface area (Å²) in [7, 11) is 0. The van der Waals surface area contributed by atoms with Crippen molar-refractivity contribution >= 4 is 11.6 Å². The number of rotatable bonds is 10. The van der Waals surface area contributed by atoms with E-state index in [9.17, 15) is 0 Å². The van der Waals surface area contributed by atoms with E-state index in [4.69, 9.17) is 36.0 Å². The second-order valence-corrected chi connectivity index (χ2v) is 2.90. The van der Waals surface area contributed by atoms with Gasteiger partial charge in [0.25, 0.3) is 0 Å². The summed E-state index contributed by atoms with van der Waals surface area (Å²) in [5.41, 5.74) is -0.663. The van der Waals surface area contributed by atoms with E-state index in [0.717, 1.165) is 0 Å². The lowest BCUT2D eigenvalue weighted by molar-refractivity contribution is -0.00668. The molecule has 0 aliphatic carbocycles. The van der Waals surface area contributed by atoms with Gasteiger partial charge in [0, 0.05) is 0 Å². The second kappa shape index (κ2) is 11.2. The van der Waals surface area contributed by atoms with Crippen LogP contribution in [0.5, 0.6) is 0 Å². The quantitative estimate of drug-likeness (QED) is 0.393. The third-order valence-electron chi connectivity index (χ3n) is 1.28. The summed E-state index contributed by atoms with van der Waals surface area (Å²) >= 11 is 5.47. The Morgan fingerprint density at radius 3 is 2.07 bits per heavy atom. The molecule has 1 unspecified atom stereocenters. The fourth-order valence-electron chi connectivity index (χ4n) is 0.674. The molecule has 0 aromatic rings. The van der Waals surface area contributed by atoms with Gasteiger partial charge in [-0.25, -0.2) is 0 Å². The Hall–Kier alpha value is 0.0900. The van der Waals surface area contributed by atoms with Crippen molar-refractivity contribution in [2.75, 3.05) is 46.2 Å². The molecule has 0 saturated carbocycles. The Bertz CT molecular complexity index is 114. The van der Waals surface area contributed by atoms with E-state index in [1.54, 1.807) is 0 Å². The van der Waals surface area contributed by atoms with E-state index >= 15 is 0 Å². The zero-order valence-electron chi connectivity index (χ0n) is 8.02. The van der Waals surface area contributed by atoms with Crippen LogP contribution in [0.3, 0.4) is 0 Å². The summed E-state index contributed by atoms with van der Waals surface area (Å²) in [4.78, 5) is 0. The van der Waals surface area contributed by atoms with Crippen LogP contribution >= 0.6 is 11.6 Å². The highest BCUT2D eigenvalue weighted by atomic mass is 35.5. The number of halogens is 1. The SMILES string of the molecule is OCCOCCOCCOC(Cl)CO. The van der Waals surface area contributed by atoms with E-state index in [1.807, 2.05) is 0 Å². The van der Waals surface area contributed by atoms with Crippen LogP contribution in [0.1, 0.15) is 0 Å². The fourth-order valence-corrected chi connectivity index (χ4v) is 0.763. The lowest BCUT2D eigenvalue weighted by Crippen LogP contribution is -2.15. The van der Waals surface area contributed by atoms with Crippen LogP contribution in [-0.2, 0) is 14.2 Å². The molecule has 0 aromatic carbocycles. The first-order chi connectivity index (χ1) is 6.81. The van der Waals surface area contributed by atoms with Gasteiger partial charge in [-0.15, -0.1) is 0 Å². The molecule has 0 aromatic heterocycles.